The zero-order chi connectivity index (χ0) is 55.5. The number of carbonyl (C=O) groups is 3. The fourth-order valence-electron chi connectivity index (χ4n) is 9.42. The number of likely N-dealkylation sites (N-methyl/N-ethyl adjacent to an activating group) is 1. The lowest BCUT2D eigenvalue weighted by Gasteiger charge is -2.25. The van der Waals surface area contributed by atoms with Crippen LogP contribution in [0.5, 0.6) is 0 Å². The first-order chi connectivity index (χ1) is 37.1. The number of carboxylic acids is 1. The van der Waals surface area contributed by atoms with E-state index in [-0.39, 0.29) is 38.2 Å². The number of esters is 2. The minimum Gasteiger partial charge on any atom is -0.477 e. The topological polar surface area (TPSA) is 108 Å². The number of rotatable bonds is 60. The van der Waals surface area contributed by atoms with Crippen molar-refractivity contribution in [3.05, 3.63) is 48.6 Å². The van der Waals surface area contributed by atoms with Gasteiger partial charge in [-0.3, -0.25) is 9.59 Å². The predicted octanol–water partition coefficient (Wildman–Crippen LogP) is 19.4. The van der Waals surface area contributed by atoms with Crippen LogP contribution in [0.25, 0.3) is 0 Å². The molecule has 0 aliphatic rings. The Morgan fingerprint density at radius 3 is 1.12 bits per heavy atom. The molecule has 0 radical (unpaired) electrons. The maximum absolute atomic E-state index is 12.9. The van der Waals surface area contributed by atoms with Gasteiger partial charge in [-0.1, -0.05) is 287 Å². The van der Waals surface area contributed by atoms with Crippen molar-refractivity contribution in [1.29, 1.82) is 0 Å². The average molecular weight is 1070 g/mol. The summed E-state index contributed by atoms with van der Waals surface area (Å²) in [5, 5.41) is 9.72. The fraction of sp³-hybridized carbons (Fsp3) is 0.836. The Kier molecular flexibility index (Phi) is 56.3. The molecule has 0 rings (SSSR count). The molecule has 0 amide bonds. The zero-order valence-corrected chi connectivity index (χ0v) is 50.7. The van der Waals surface area contributed by atoms with E-state index in [2.05, 4.69) is 62.5 Å². The van der Waals surface area contributed by atoms with Crippen LogP contribution >= 0.6 is 0 Å². The number of hydrogen-bond donors (Lipinski definition) is 1. The lowest BCUT2D eigenvalue weighted by atomic mass is 10.0. The second kappa shape index (κ2) is 58.4. The number of nitrogens with zero attached hydrogens (tertiary/aromatic N) is 1. The van der Waals surface area contributed by atoms with Crippen molar-refractivity contribution in [2.45, 2.75) is 315 Å². The first kappa shape index (κ1) is 73.2. The van der Waals surface area contributed by atoms with Crippen LogP contribution in [0.2, 0.25) is 0 Å². The van der Waals surface area contributed by atoms with Gasteiger partial charge < -0.3 is 28.5 Å². The Balaban J connectivity index is 4.10. The van der Waals surface area contributed by atoms with Gasteiger partial charge in [-0.05, 0) is 51.4 Å². The molecule has 0 fully saturated rings. The van der Waals surface area contributed by atoms with Gasteiger partial charge in [0.2, 0.25) is 0 Å². The van der Waals surface area contributed by atoms with Crippen molar-refractivity contribution < 1.29 is 42.9 Å². The Morgan fingerprint density at radius 2 is 0.750 bits per heavy atom. The maximum atomic E-state index is 12.9. The van der Waals surface area contributed by atoms with Crippen LogP contribution < -0.4 is 0 Å². The first-order valence-electron chi connectivity index (χ1n) is 32.3. The van der Waals surface area contributed by atoms with E-state index in [1.165, 1.54) is 212 Å². The van der Waals surface area contributed by atoms with Gasteiger partial charge in [-0.25, -0.2) is 4.79 Å². The van der Waals surface area contributed by atoms with Gasteiger partial charge in [0.15, 0.2) is 6.10 Å². The molecule has 0 bridgehead atoms. The summed E-state index contributed by atoms with van der Waals surface area (Å²) in [7, 11) is 5.98. The van der Waals surface area contributed by atoms with Crippen LogP contribution in [0.1, 0.15) is 303 Å². The lowest BCUT2D eigenvalue weighted by molar-refractivity contribution is -0.870. The summed E-state index contributed by atoms with van der Waals surface area (Å²) < 4.78 is 23.0. The van der Waals surface area contributed by atoms with E-state index in [0.29, 0.717) is 17.4 Å². The van der Waals surface area contributed by atoms with Crippen LogP contribution in [0.3, 0.4) is 0 Å². The Labute approximate surface area is 470 Å². The van der Waals surface area contributed by atoms with Crippen molar-refractivity contribution in [1.82, 2.24) is 0 Å². The summed E-state index contributed by atoms with van der Waals surface area (Å²) in [6.07, 6.45) is 70.6. The number of hydrogen-bond acceptors (Lipinski definition) is 7. The van der Waals surface area contributed by atoms with Crippen LogP contribution in [-0.2, 0) is 33.3 Å². The normalized spacial score (nSPS) is 13.0. The number of quaternary nitrogens is 1. The van der Waals surface area contributed by atoms with Crippen molar-refractivity contribution in [2.24, 2.45) is 0 Å². The van der Waals surface area contributed by atoms with E-state index in [9.17, 15) is 19.5 Å². The van der Waals surface area contributed by atoms with Gasteiger partial charge in [0.1, 0.15) is 13.2 Å². The molecule has 9 nitrogen and oxygen atoms in total. The van der Waals surface area contributed by atoms with Gasteiger partial charge in [0, 0.05) is 12.8 Å². The van der Waals surface area contributed by atoms with Crippen LogP contribution in [-0.4, -0.2) is 87.4 Å². The summed E-state index contributed by atoms with van der Waals surface area (Å²) in [6, 6.07) is 0. The second-order valence-electron chi connectivity index (χ2n) is 23.1. The molecule has 0 aliphatic heterocycles. The average Bonchev–Trinajstić information content (AvgIpc) is 3.39. The van der Waals surface area contributed by atoms with Gasteiger partial charge in [0.05, 0.1) is 34.4 Å². The van der Waals surface area contributed by atoms with E-state index in [1.54, 1.807) is 0 Å². The molecule has 2 unspecified atom stereocenters. The third-order valence-electron chi connectivity index (χ3n) is 14.3. The molecule has 0 aromatic heterocycles. The van der Waals surface area contributed by atoms with Crippen molar-refractivity contribution in [2.75, 3.05) is 47.5 Å². The second-order valence-corrected chi connectivity index (χ2v) is 23.1. The van der Waals surface area contributed by atoms with Crippen LogP contribution in [0.4, 0.5) is 0 Å². The van der Waals surface area contributed by atoms with Crippen molar-refractivity contribution in [3.8, 4) is 0 Å². The highest BCUT2D eigenvalue weighted by Gasteiger charge is 2.25. The minimum atomic E-state index is -1.51. The predicted molar refractivity (Wildman–Crippen MR) is 323 cm³/mol. The minimum absolute atomic E-state index is 0.177. The molecule has 0 saturated heterocycles. The number of allylic oxidation sites excluding steroid dienone is 8. The molecular weight excluding hydrogens is 947 g/mol. The highest BCUT2D eigenvalue weighted by Crippen LogP contribution is 2.18. The highest BCUT2D eigenvalue weighted by atomic mass is 16.7. The van der Waals surface area contributed by atoms with E-state index < -0.39 is 18.4 Å². The highest BCUT2D eigenvalue weighted by molar-refractivity contribution is 5.71. The molecule has 444 valence electrons. The Hall–Kier alpha value is -2.75. The summed E-state index contributed by atoms with van der Waals surface area (Å²) in [5.41, 5.74) is 0. The smallest absolute Gasteiger partial charge is 0.361 e. The van der Waals surface area contributed by atoms with E-state index in [4.69, 9.17) is 18.9 Å². The number of aliphatic carboxylic acids is 1. The lowest BCUT2D eigenvalue weighted by Crippen LogP contribution is -2.40. The molecule has 0 heterocycles. The van der Waals surface area contributed by atoms with Crippen LogP contribution in [0, 0.1) is 0 Å². The monoisotopic (exact) mass is 1070 g/mol. The van der Waals surface area contributed by atoms with Crippen molar-refractivity contribution in [3.63, 3.8) is 0 Å². The largest absolute Gasteiger partial charge is 0.477 e. The third-order valence-corrected chi connectivity index (χ3v) is 14.3. The SMILES string of the molecule is CC/C=C\C/C=C\C/C=C\C/C=C\CCCCCCCCCCCCCCCCCCCCC(=O)OC(COC(=O)CCCCCCCCCCCCCCCCCCCCCC)COC(OCC[N+](C)(C)C)C(=O)O. The van der Waals surface area contributed by atoms with E-state index in [1.807, 2.05) is 21.1 Å². The number of carbonyl (C=O) groups excluding carboxylic acids is 2. The standard InChI is InChI=1S/C67H123NO8/c1-6-8-10-12-14-16-18-20-22-24-26-28-29-30-31-32-33-34-35-36-37-38-40-42-44-46-48-50-52-54-56-58-65(70)76-63(62-75-67(66(71)72)73-60-59-68(3,4)5)61-74-64(69)57-55-53-51-49-47-45-43-41-39-27-25-23-21-19-17-15-13-11-9-7-2/h8,10,14,16,20,22,26,28,63,67H,6-7,9,11-13,15,17-19,21,23-25,27,29-62H2,1-5H3/p+1/b10-8-,16-14-,22-20-,28-26-. The molecule has 76 heavy (non-hydrogen) atoms. The fourth-order valence-corrected chi connectivity index (χ4v) is 9.42. The zero-order valence-electron chi connectivity index (χ0n) is 50.7. The Morgan fingerprint density at radius 1 is 0.408 bits per heavy atom. The molecule has 0 spiro atoms. The molecule has 0 aromatic carbocycles. The van der Waals surface area contributed by atoms with E-state index in [0.717, 1.165) is 64.2 Å². The molecule has 0 aromatic rings. The number of unbranched alkanes of at least 4 members (excludes halogenated alkanes) is 37. The van der Waals surface area contributed by atoms with Gasteiger partial charge >= 0.3 is 17.9 Å². The number of ether oxygens (including phenoxy) is 4. The number of carboxylic acid groups (broad SMARTS) is 1. The molecule has 1 N–H and O–H groups in total. The Bertz CT molecular complexity index is 1380. The maximum Gasteiger partial charge on any atom is 0.361 e. The molecule has 2 atom stereocenters. The molecule has 9 heteroatoms. The summed E-state index contributed by atoms with van der Waals surface area (Å²) in [5.74, 6) is -1.98. The summed E-state index contributed by atoms with van der Waals surface area (Å²) in [4.78, 5) is 37.5. The first-order valence-corrected chi connectivity index (χ1v) is 32.3. The molecular formula is C67H124NO8+. The van der Waals surface area contributed by atoms with Gasteiger partial charge in [0.25, 0.3) is 6.29 Å². The summed E-state index contributed by atoms with van der Waals surface area (Å²) >= 11 is 0. The summed E-state index contributed by atoms with van der Waals surface area (Å²) in [6.45, 7) is 4.82. The molecule has 0 saturated carbocycles. The molecule has 0 aliphatic carbocycles. The van der Waals surface area contributed by atoms with Crippen molar-refractivity contribution >= 4 is 17.9 Å². The quantitative estimate of drug-likeness (QED) is 0.0211. The van der Waals surface area contributed by atoms with Gasteiger partial charge in [-0.15, -0.1) is 0 Å². The van der Waals surface area contributed by atoms with Crippen LogP contribution in [0.15, 0.2) is 48.6 Å². The van der Waals surface area contributed by atoms with Gasteiger partial charge in [-0.2, -0.15) is 0 Å². The van der Waals surface area contributed by atoms with E-state index >= 15 is 0 Å². The third kappa shape index (κ3) is 58.9.